The molecule has 7 nitrogen and oxygen atoms in total. The Labute approximate surface area is 178 Å². The maximum atomic E-state index is 12.7. The minimum atomic E-state index is -1.83. The summed E-state index contributed by atoms with van der Waals surface area (Å²) in [5, 5.41) is 12.2. The van der Waals surface area contributed by atoms with Crippen LogP contribution in [0.1, 0.15) is 32.8 Å². The molecule has 0 fully saturated rings. The van der Waals surface area contributed by atoms with Crippen molar-refractivity contribution in [1.29, 1.82) is 0 Å². The maximum absolute atomic E-state index is 12.7. The minimum absolute atomic E-state index is 0.155. The Balaban J connectivity index is 2.10. The summed E-state index contributed by atoms with van der Waals surface area (Å²) in [5.41, 5.74) is 2.92. The zero-order valence-electron chi connectivity index (χ0n) is 17.9. The van der Waals surface area contributed by atoms with Crippen LogP contribution in [0.2, 0.25) is 0 Å². The molecule has 0 aliphatic rings. The van der Waals surface area contributed by atoms with E-state index in [4.69, 9.17) is 0 Å². The minimum Gasteiger partial charge on any atom is -0.612 e. The molecule has 3 atom stereocenters. The van der Waals surface area contributed by atoms with Gasteiger partial charge >= 0.3 is 5.97 Å². The predicted octanol–water partition coefficient (Wildman–Crippen LogP) is 3.18. The number of aryl methyl sites for hydroxylation is 1. The molecule has 0 saturated carbocycles. The van der Waals surface area contributed by atoms with E-state index in [9.17, 15) is 19.6 Å². The molecule has 1 heterocycles. The summed E-state index contributed by atoms with van der Waals surface area (Å²) in [5.74, 6) is -1.80. The SMILES string of the molecule is CCC[P+]([O-])=N[C@H](C(=O)N[C@@H](Cc1ccc(-c2ccn(C)c2)cc1)C(=O)O)C(C)C. The highest BCUT2D eigenvalue weighted by atomic mass is 31.1. The van der Waals surface area contributed by atoms with Gasteiger partial charge in [-0.1, -0.05) is 45.0 Å². The number of carboxylic acids is 1. The van der Waals surface area contributed by atoms with Gasteiger partial charge in [0.25, 0.3) is 0 Å². The molecule has 162 valence electrons. The molecule has 2 aromatic rings. The Morgan fingerprint density at radius 1 is 1.20 bits per heavy atom. The number of rotatable bonds is 10. The summed E-state index contributed by atoms with van der Waals surface area (Å²) in [4.78, 5) is 36.4. The number of carbonyl (C=O) groups excluding carboxylic acids is 1. The quantitative estimate of drug-likeness (QED) is 0.564. The molecule has 30 heavy (non-hydrogen) atoms. The summed E-state index contributed by atoms with van der Waals surface area (Å²) >= 11 is 0. The molecule has 2 N–H and O–H groups in total. The van der Waals surface area contributed by atoms with Crippen molar-refractivity contribution in [3.63, 3.8) is 0 Å². The van der Waals surface area contributed by atoms with Crippen LogP contribution in [0.25, 0.3) is 11.1 Å². The highest BCUT2D eigenvalue weighted by Crippen LogP contribution is 2.22. The van der Waals surface area contributed by atoms with Crippen molar-refractivity contribution in [2.75, 3.05) is 6.16 Å². The van der Waals surface area contributed by atoms with Gasteiger partial charge in [-0.2, -0.15) is 0 Å². The number of hydrogen-bond acceptors (Lipinski definition) is 4. The van der Waals surface area contributed by atoms with Crippen LogP contribution in [0, 0.1) is 5.92 Å². The Kier molecular flexibility index (Phi) is 8.75. The molecule has 0 aliphatic heterocycles. The first-order valence-corrected chi connectivity index (χ1v) is 11.5. The molecule has 0 spiro atoms. The van der Waals surface area contributed by atoms with Crippen molar-refractivity contribution >= 4 is 19.8 Å². The average molecular weight is 431 g/mol. The molecule has 0 radical (unpaired) electrons. The summed E-state index contributed by atoms with van der Waals surface area (Å²) in [6.07, 6.45) is 5.25. The number of nitrogens with one attached hydrogen (secondary N) is 1. The molecule has 1 amide bonds. The first-order chi connectivity index (χ1) is 14.2. The van der Waals surface area contributed by atoms with Crippen LogP contribution >= 0.6 is 7.94 Å². The first kappa shape index (κ1) is 23.8. The van der Waals surface area contributed by atoms with Crippen molar-refractivity contribution in [2.45, 2.75) is 45.7 Å². The summed E-state index contributed by atoms with van der Waals surface area (Å²) in [6, 6.07) is 7.71. The molecule has 0 bridgehead atoms. The van der Waals surface area contributed by atoms with Crippen LogP contribution in [0.5, 0.6) is 0 Å². The third-order valence-electron chi connectivity index (χ3n) is 4.74. The van der Waals surface area contributed by atoms with Gasteiger partial charge in [-0.15, -0.1) is 4.74 Å². The van der Waals surface area contributed by atoms with Gasteiger partial charge < -0.3 is 19.9 Å². The Bertz CT molecular complexity index is 890. The number of hydrogen-bond donors (Lipinski definition) is 2. The lowest BCUT2D eigenvalue weighted by Crippen LogP contribution is -2.47. The van der Waals surface area contributed by atoms with E-state index in [1.165, 1.54) is 0 Å². The van der Waals surface area contributed by atoms with E-state index in [1.54, 1.807) is 13.8 Å². The van der Waals surface area contributed by atoms with Crippen molar-refractivity contribution in [3.05, 3.63) is 48.3 Å². The van der Waals surface area contributed by atoms with Gasteiger partial charge in [-0.05, 0) is 35.1 Å². The molecular formula is C22H30N3O4P. The smallest absolute Gasteiger partial charge is 0.326 e. The van der Waals surface area contributed by atoms with E-state index in [0.717, 1.165) is 16.7 Å². The number of nitrogens with zero attached hydrogens (tertiary/aromatic N) is 2. The number of carbonyl (C=O) groups is 2. The van der Waals surface area contributed by atoms with E-state index in [0.29, 0.717) is 12.6 Å². The lowest BCUT2D eigenvalue weighted by atomic mass is 10.0. The Hall–Kier alpha value is -2.50. The maximum Gasteiger partial charge on any atom is 0.326 e. The first-order valence-electron chi connectivity index (χ1n) is 10.1. The molecule has 1 unspecified atom stereocenters. The van der Waals surface area contributed by atoms with Gasteiger partial charge in [0.1, 0.15) is 12.2 Å². The lowest BCUT2D eigenvalue weighted by Gasteiger charge is -2.19. The van der Waals surface area contributed by atoms with Crippen LogP contribution in [-0.4, -0.2) is 39.8 Å². The second kappa shape index (κ2) is 11.0. The van der Waals surface area contributed by atoms with Gasteiger partial charge in [0, 0.05) is 25.9 Å². The number of benzene rings is 1. The van der Waals surface area contributed by atoms with Gasteiger partial charge in [0.2, 0.25) is 5.91 Å². The van der Waals surface area contributed by atoms with E-state index < -0.39 is 31.9 Å². The van der Waals surface area contributed by atoms with Gasteiger partial charge in [-0.25, -0.2) is 4.79 Å². The number of amides is 1. The molecule has 0 aliphatic carbocycles. The molecule has 1 aromatic carbocycles. The van der Waals surface area contributed by atoms with Crippen LogP contribution in [0.15, 0.2) is 47.5 Å². The lowest BCUT2D eigenvalue weighted by molar-refractivity contribution is -0.156. The predicted molar refractivity (Wildman–Crippen MR) is 117 cm³/mol. The second-order valence-electron chi connectivity index (χ2n) is 7.75. The number of aromatic nitrogens is 1. The number of aliphatic carboxylic acids is 1. The van der Waals surface area contributed by atoms with Crippen LogP contribution in [0.3, 0.4) is 0 Å². The fourth-order valence-corrected chi connectivity index (χ4v) is 4.22. The summed E-state index contributed by atoms with van der Waals surface area (Å²) < 4.78 is 6.10. The van der Waals surface area contributed by atoms with Crippen molar-refractivity contribution < 1.29 is 19.6 Å². The standard InChI is InChI=1S/C22H30N3O4P/c1-5-12-30(29)24-20(15(2)3)21(26)23-19(22(27)28)13-16-6-8-17(9-7-16)18-10-11-25(4)14-18/h6-11,14-15,19-20H,5,12-13H2,1-4H3,(H,23,26)(H,27,28)/t19-,20-/m0/s1. The molecule has 1 aromatic heterocycles. The van der Waals surface area contributed by atoms with E-state index in [-0.39, 0.29) is 12.3 Å². The van der Waals surface area contributed by atoms with Crippen molar-refractivity contribution in [1.82, 2.24) is 9.88 Å². The zero-order valence-corrected chi connectivity index (χ0v) is 18.8. The van der Waals surface area contributed by atoms with E-state index >= 15 is 0 Å². The second-order valence-corrected chi connectivity index (χ2v) is 9.13. The summed E-state index contributed by atoms with van der Waals surface area (Å²) in [6.45, 7) is 5.51. The van der Waals surface area contributed by atoms with Crippen LogP contribution in [0.4, 0.5) is 0 Å². The largest absolute Gasteiger partial charge is 0.612 e. The third-order valence-corrected chi connectivity index (χ3v) is 6.08. The van der Waals surface area contributed by atoms with Crippen LogP contribution < -0.4 is 10.2 Å². The fraction of sp³-hybridized carbons (Fsp3) is 0.455. The normalized spacial score (nSPS) is 13.9. The Morgan fingerprint density at radius 2 is 1.87 bits per heavy atom. The van der Waals surface area contributed by atoms with E-state index in [1.807, 2.05) is 61.3 Å². The molecule has 8 heteroatoms. The monoisotopic (exact) mass is 431 g/mol. The molecule has 0 saturated heterocycles. The topological polar surface area (TPSA) is 107 Å². The highest BCUT2D eigenvalue weighted by molar-refractivity contribution is 7.39. The van der Waals surface area contributed by atoms with Crippen molar-refractivity contribution in [2.24, 2.45) is 17.7 Å². The van der Waals surface area contributed by atoms with Gasteiger partial charge in [0.15, 0.2) is 14.0 Å². The average Bonchev–Trinajstić information content (AvgIpc) is 3.12. The highest BCUT2D eigenvalue weighted by Gasteiger charge is 2.29. The van der Waals surface area contributed by atoms with Crippen molar-refractivity contribution in [3.8, 4) is 11.1 Å². The van der Waals surface area contributed by atoms with Gasteiger partial charge in [-0.3, -0.25) is 4.79 Å². The Morgan fingerprint density at radius 3 is 2.37 bits per heavy atom. The fourth-order valence-electron chi connectivity index (χ4n) is 3.08. The number of carboxylic acid groups (broad SMARTS) is 1. The summed E-state index contributed by atoms with van der Waals surface area (Å²) in [7, 11) is 0.119. The third kappa shape index (κ3) is 6.78. The zero-order chi connectivity index (χ0) is 22.3. The molecular weight excluding hydrogens is 401 g/mol. The van der Waals surface area contributed by atoms with Crippen LogP contribution in [-0.2, 0) is 23.1 Å². The van der Waals surface area contributed by atoms with E-state index in [2.05, 4.69) is 10.1 Å². The molecule has 2 rings (SSSR count). The van der Waals surface area contributed by atoms with Gasteiger partial charge in [0.05, 0.1) is 0 Å².